The van der Waals surface area contributed by atoms with E-state index in [1.165, 1.54) is 6.07 Å². The molecule has 35 heavy (non-hydrogen) atoms. The molecule has 2 bridgehead atoms. The number of benzene rings is 3. The van der Waals surface area contributed by atoms with E-state index in [4.69, 9.17) is 4.74 Å². The highest BCUT2D eigenvalue weighted by molar-refractivity contribution is 6.25. The molecule has 3 aromatic carbocycles. The highest BCUT2D eigenvalue weighted by Crippen LogP contribution is 2.63. The first-order valence-electron chi connectivity index (χ1n) is 11.7. The average Bonchev–Trinajstić information content (AvgIpc) is 3.14. The molecular weight excluding hydrogens is 442 g/mol. The molecule has 1 saturated heterocycles. The van der Waals surface area contributed by atoms with Crippen LogP contribution in [-0.2, 0) is 24.5 Å². The number of carbonyl (C=O) groups excluding carboxylic acids is 4. The molecule has 2 atom stereocenters. The lowest BCUT2D eigenvalue weighted by molar-refractivity contribution is -0.128. The highest BCUT2D eigenvalue weighted by atomic mass is 16.5. The van der Waals surface area contributed by atoms with Crippen LogP contribution < -0.4 is 4.90 Å². The van der Waals surface area contributed by atoms with Crippen LogP contribution in [0.4, 0.5) is 5.69 Å². The predicted molar refractivity (Wildman–Crippen MR) is 128 cm³/mol. The Labute approximate surface area is 202 Å². The molecule has 1 heterocycles. The highest BCUT2D eigenvalue weighted by Gasteiger charge is 2.68. The first-order valence-corrected chi connectivity index (χ1v) is 11.7. The number of rotatable bonds is 4. The quantitative estimate of drug-likeness (QED) is 0.331. The first-order chi connectivity index (χ1) is 16.9. The summed E-state index contributed by atoms with van der Waals surface area (Å²) >= 11 is 0. The Kier molecular flexibility index (Phi) is 4.58. The molecule has 0 spiro atoms. The lowest BCUT2D eigenvalue weighted by atomic mass is 9.48. The van der Waals surface area contributed by atoms with Gasteiger partial charge < -0.3 is 9.53 Å². The van der Waals surface area contributed by atoms with E-state index in [0.29, 0.717) is 5.69 Å². The molecule has 1 aliphatic heterocycles. The second kappa shape index (κ2) is 7.47. The summed E-state index contributed by atoms with van der Waals surface area (Å²) in [6, 6.07) is 21.6. The summed E-state index contributed by atoms with van der Waals surface area (Å²) in [4.78, 5) is 54.6. The van der Waals surface area contributed by atoms with Gasteiger partial charge >= 0.3 is 5.97 Å². The maximum Gasteiger partial charge on any atom is 0.338 e. The van der Waals surface area contributed by atoms with E-state index in [1.807, 2.05) is 48.5 Å². The smallest absolute Gasteiger partial charge is 0.338 e. The van der Waals surface area contributed by atoms with Crippen molar-refractivity contribution >= 4 is 29.8 Å². The Balaban J connectivity index is 1.52. The molecule has 2 amide bonds. The zero-order chi connectivity index (χ0) is 24.5. The SMILES string of the molecule is CC(C)OC(=O)c1cccc(N2C(=O)[C@H]3C4c5ccccc5C(C=O)(c5ccccc54)[C@H]3C2=O)c1. The molecular formula is C29H23NO5. The molecule has 7 rings (SSSR count). The third-order valence-electron chi connectivity index (χ3n) is 7.55. The molecule has 0 radical (unpaired) electrons. The summed E-state index contributed by atoms with van der Waals surface area (Å²) in [7, 11) is 0. The second-order valence-corrected chi connectivity index (χ2v) is 9.66. The molecule has 0 unspecified atom stereocenters. The molecule has 1 fully saturated rings. The van der Waals surface area contributed by atoms with Crippen LogP contribution in [0.5, 0.6) is 0 Å². The van der Waals surface area contributed by atoms with Crippen LogP contribution in [0, 0.1) is 11.8 Å². The summed E-state index contributed by atoms with van der Waals surface area (Å²) in [5, 5.41) is 0. The van der Waals surface area contributed by atoms with Gasteiger partial charge in [0.05, 0.1) is 34.6 Å². The number of imide groups is 1. The van der Waals surface area contributed by atoms with Crippen LogP contribution in [0.1, 0.15) is 52.4 Å². The number of carbonyl (C=O) groups is 4. The van der Waals surface area contributed by atoms with Crippen molar-refractivity contribution in [1.29, 1.82) is 0 Å². The average molecular weight is 466 g/mol. The van der Waals surface area contributed by atoms with E-state index in [9.17, 15) is 19.2 Å². The van der Waals surface area contributed by atoms with Crippen molar-refractivity contribution in [3.8, 4) is 0 Å². The maximum absolute atomic E-state index is 14.0. The van der Waals surface area contributed by atoms with Crippen molar-refractivity contribution in [2.45, 2.75) is 31.3 Å². The number of esters is 1. The molecule has 174 valence electrons. The predicted octanol–water partition coefficient (Wildman–Crippen LogP) is 4.00. The number of aldehydes is 1. The number of anilines is 1. The van der Waals surface area contributed by atoms with Gasteiger partial charge in [0.25, 0.3) is 0 Å². The summed E-state index contributed by atoms with van der Waals surface area (Å²) in [6.07, 6.45) is 0.548. The number of hydrogen-bond donors (Lipinski definition) is 0. The minimum absolute atomic E-state index is 0.256. The van der Waals surface area contributed by atoms with E-state index in [-0.39, 0.29) is 23.5 Å². The van der Waals surface area contributed by atoms with Gasteiger partial charge in [0.15, 0.2) is 0 Å². The topological polar surface area (TPSA) is 80.8 Å². The van der Waals surface area contributed by atoms with Gasteiger partial charge in [-0.2, -0.15) is 0 Å². The fourth-order valence-electron chi connectivity index (χ4n) is 6.34. The van der Waals surface area contributed by atoms with Gasteiger partial charge in [-0.3, -0.25) is 9.59 Å². The minimum Gasteiger partial charge on any atom is -0.459 e. The van der Waals surface area contributed by atoms with Gasteiger partial charge in [0.1, 0.15) is 6.29 Å². The molecule has 6 heteroatoms. The van der Waals surface area contributed by atoms with Gasteiger partial charge in [0, 0.05) is 5.92 Å². The molecule has 3 aliphatic carbocycles. The van der Waals surface area contributed by atoms with E-state index in [1.54, 1.807) is 32.0 Å². The Morgan fingerprint density at radius 3 is 2.14 bits per heavy atom. The Morgan fingerprint density at radius 1 is 0.914 bits per heavy atom. The van der Waals surface area contributed by atoms with Gasteiger partial charge in [-0.1, -0.05) is 54.6 Å². The Hall–Kier alpha value is -4.06. The summed E-state index contributed by atoms with van der Waals surface area (Å²) in [5.74, 6) is -3.19. The van der Waals surface area contributed by atoms with Crippen molar-refractivity contribution in [2.75, 3.05) is 4.90 Å². The Morgan fingerprint density at radius 2 is 1.54 bits per heavy atom. The zero-order valence-electron chi connectivity index (χ0n) is 19.3. The molecule has 0 saturated carbocycles. The minimum atomic E-state index is -1.25. The lowest BCUT2D eigenvalue weighted by Gasteiger charge is -2.51. The third kappa shape index (κ3) is 2.71. The van der Waals surface area contributed by atoms with Crippen molar-refractivity contribution in [3.05, 3.63) is 101 Å². The number of amides is 2. The van der Waals surface area contributed by atoms with Crippen LogP contribution >= 0.6 is 0 Å². The molecule has 6 nitrogen and oxygen atoms in total. The Bertz CT molecular complexity index is 1380. The summed E-state index contributed by atoms with van der Waals surface area (Å²) in [6.45, 7) is 3.51. The summed E-state index contributed by atoms with van der Waals surface area (Å²) in [5.41, 5.74) is 2.72. The van der Waals surface area contributed by atoms with E-state index in [0.717, 1.165) is 33.4 Å². The number of nitrogens with zero attached hydrogens (tertiary/aromatic N) is 1. The fraction of sp³-hybridized carbons (Fsp3) is 0.241. The molecule has 3 aromatic rings. The van der Waals surface area contributed by atoms with Gasteiger partial charge in [-0.15, -0.1) is 0 Å². The largest absolute Gasteiger partial charge is 0.459 e. The fourth-order valence-corrected chi connectivity index (χ4v) is 6.34. The maximum atomic E-state index is 14.0. The van der Waals surface area contributed by atoms with Gasteiger partial charge in [0.2, 0.25) is 11.8 Å². The van der Waals surface area contributed by atoms with Crippen LogP contribution in [0.2, 0.25) is 0 Å². The van der Waals surface area contributed by atoms with E-state index >= 15 is 0 Å². The van der Waals surface area contributed by atoms with Crippen LogP contribution in [0.15, 0.2) is 72.8 Å². The lowest BCUT2D eigenvalue weighted by Crippen LogP contribution is -2.54. The molecule has 0 aromatic heterocycles. The van der Waals surface area contributed by atoms with Gasteiger partial charge in [-0.05, 0) is 54.3 Å². The van der Waals surface area contributed by atoms with E-state index < -0.39 is 29.1 Å². The molecule has 4 aliphatic rings. The second-order valence-electron chi connectivity index (χ2n) is 9.66. The van der Waals surface area contributed by atoms with E-state index in [2.05, 4.69) is 0 Å². The van der Waals surface area contributed by atoms with Crippen molar-refractivity contribution in [1.82, 2.24) is 0 Å². The third-order valence-corrected chi connectivity index (χ3v) is 7.55. The standard InChI is InChI=1S/C29H23NO5/c1-16(2)35-28(34)17-8-7-9-18(14-17)30-26(32)24-23-19-10-3-5-12-21(19)29(15-31,25(24)27(30)33)22-13-6-4-11-20(22)23/h3-16,23-25H,1-2H3/t23?,24-,25+,29?/m0/s1. The van der Waals surface area contributed by atoms with Crippen LogP contribution in [0.25, 0.3) is 0 Å². The van der Waals surface area contributed by atoms with Crippen LogP contribution in [-0.4, -0.2) is 30.2 Å². The van der Waals surface area contributed by atoms with Crippen LogP contribution in [0.3, 0.4) is 0 Å². The van der Waals surface area contributed by atoms with Crippen molar-refractivity contribution in [2.24, 2.45) is 11.8 Å². The molecule has 0 N–H and O–H groups in total. The summed E-state index contributed by atoms with van der Waals surface area (Å²) < 4.78 is 5.29. The zero-order valence-corrected chi connectivity index (χ0v) is 19.3. The normalized spacial score (nSPS) is 25.8. The first kappa shape index (κ1) is 21.5. The monoisotopic (exact) mass is 465 g/mol. The van der Waals surface area contributed by atoms with Crippen molar-refractivity contribution < 1.29 is 23.9 Å². The van der Waals surface area contributed by atoms with Crippen molar-refractivity contribution in [3.63, 3.8) is 0 Å². The van der Waals surface area contributed by atoms with Gasteiger partial charge in [-0.25, -0.2) is 9.69 Å². The number of hydrogen-bond acceptors (Lipinski definition) is 5. The number of ether oxygens (including phenoxy) is 1.